The van der Waals surface area contributed by atoms with Crippen LogP contribution in [0.15, 0.2) is 18.3 Å². The molecule has 28 heavy (non-hydrogen) atoms. The molecule has 3 heterocycles. The van der Waals surface area contributed by atoms with E-state index in [9.17, 15) is 0 Å². The average molecular weight is 376 g/mol. The van der Waals surface area contributed by atoms with Gasteiger partial charge in [-0.3, -0.25) is 4.68 Å². The van der Waals surface area contributed by atoms with Gasteiger partial charge in [-0.05, 0) is 64.2 Å². The molecule has 4 aromatic rings. The molecule has 5 nitrogen and oxygen atoms in total. The number of fused-ring (bicyclic) bond motifs is 3. The maximum Gasteiger partial charge on any atom is 0.186 e. The van der Waals surface area contributed by atoms with E-state index in [0.29, 0.717) is 6.04 Å². The maximum atomic E-state index is 4.98. The lowest BCUT2D eigenvalue weighted by Crippen LogP contribution is -2.07. The Kier molecular flexibility index (Phi) is 4.48. The van der Waals surface area contributed by atoms with Gasteiger partial charge in [0.2, 0.25) is 0 Å². The molecule has 0 N–H and O–H groups in total. The van der Waals surface area contributed by atoms with Crippen LogP contribution >= 0.6 is 0 Å². The highest BCUT2D eigenvalue weighted by atomic mass is 15.4. The van der Waals surface area contributed by atoms with Gasteiger partial charge in [0.15, 0.2) is 11.3 Å². The van der Waals surface area contributed by atoms with Crippen molar-refractivity contribution in [3.05, 3.63) is 46.4 Å². The van der Waals surface area contributed by atoms with Crippen LogP contribution in [-0.2, 0) is 0 Å². The van der Waals surface area contributed by atoms with Crippen LogP contribution in [0.25, 0.3) is 27.8 Å². The van der Waals surface area contributed by atoms with Crippen molar-refractivity contribution in [2.24, 2.45) is 0 Å². The summed E-state index contributed by atoms with van der Waals surface area (Å²) in [5.41, 5.74) is 9.95. The SMILES string of the molecule is CCC(CC)n1cc2c(C)nc3c(-c4c(C)cc(C)cc4C)c(C)nn3c2n1. The highest BCUT2D eigenvalue weighted by Gasteiger charge is 2.21. The lowest BCUT2D eigenvalue weighted by Gasteiger charge is -2.11. The van der Waals surface area contributed by atoms with Crippen LogP contribution in [-0.4, -0.2) is 24.4 Å². The first kappa shape index (κ1) is 18.7. The van der Waals surface area contributed by atoms with Crippen molar-refractivity contribution in [2.75, 3.05) is 0 Å². The molecule has 0 unspecified atom stereocenters. The molecule has 0 radical (unpaired) electrons. The molecule has 0 aliphatic heterocycles. The van der Waals surface area contributed by atoms with E-state index in [2.05, 4.69) is 71.5 Å². The quantitative estimate of drug-likeness (QED) is 0.463. The number of aryl methyl sites for hydroxylation is 5. The van der Waals surface area contributed by atoms with Crippen LogP contribution in [0.2, 0.25) is 0 Å². The van der Waals surface area contributed by atoms with Gasteiger partial charge in [0.1, 0.15) is 0 Å². The summed E-state index contributed by atoms with van der Waals surface area (Å²) in [5, 5.41) is 10.9. The van der Waals surface area contributed by atoms with E-state index in [4.69, 9.17) is 15.2 Å². The summed E-state index contributed by atoms with van der Waals surface area (Å²) >= 11 is 0. The summed E-state index contributed by atoms with van der Waals surface area (Å²) in [6, 6.07) is 4.87. The Labute approximate surface area is 166 Å². The summed E-state index contributed by atoms with van der Waals surface area (Å²) in [7, 11) is 0. The molecular weight excluding hydrogens is 346 g/mol. The van der Waals surface area contributed by atoms with Crippen molar-refractivity contribution in [3.63, 3.8) is 0 Å². The Bertz CT molecular complexity index is 1170. The van der Waals surface area contributed by atoms with E-state index in [1.54, 1.807) is 0 Å². The fraction of sp³-hybridized carbons (Fsp3) is 0.435. The number of hydrogen-bond acceptors (Lipinski definition) is 3. The van der Waals surface area contributed by atoms with Gasteiger partial charge in [-0.1, -0.05) is 31.5 Å². The molecule has 0 saturated carbocycles. The minimum absolute atomic E-state index is 0.402. The van der Waals surface area contributed by atoms with E-state index in [1.807, 2.05) is 4.52 Å². The minimum Gasteiger partial charge on any atom is -0.267 e. The van der Waals surface area contributed by atoms with Gasteiger partial charge in [0.05, 0.1) is 28.4 Å². The lowest BCUT2D eigenvalue weighted by molar-refractivity contribution is 0.430. The molecule has 0 atom stereocenters. The van der Waals surface area contributed by atoms with Crippen LogP contribution in [0.3, 0.4) is 0 Å². The lowest BCUT2D eigenvalue weighted by atomic mass is 9.94. The summed E-state index contributed by atoms with van der Waals surface area (Å²) in [5.74, 6) is 0. The van der Waals surface area contributed by atoms with E-state index in [1.165, 1.54) is 22.3 Å². The minimum atomic E-state index is 0.402. The topological polar surface area (TPSA) is 48.0 Å². The predicted octanol–water partition coefficient (Wildman–Crippen LogP) is 5.65. The average Bonchev–Trinajstić information content (AvgIpc) is 3.19. The molecule has 3 aromatic heterocycles. The second-order valence-electron chi connectivity index (χ2n) is 7.98. The predicted molar refractivity (Wildman–Crippen MR) is 115 cm³/mol. The van der Waals surface area contributed by atoms with Crippen LogP contribution < -0.4 is 0 Å². The van der Waals surface area contributed by atoms with Crippen LogP contribution in [0.4, 0.5) is 0 Å². The van der Waals surface area contributed by atoms with Crippen molar-refractivity contribution in [3.8, 4) is 11.1 Å². The van der Waals surface area contributed by atoms with Gasteiger partial charge in [-0.15, -0.1) is 0 Å². The second-order valence-corrected chi connectivity index (χ2v) is 7.98. The first-order valence-electron chi connectivity index (χ1n) is 10.2. The number of nitrogens with zero attached hydrogens (tertiary/aromatic N) is 5. The molecule has 0 aliphatic rings. The zero-order valence-electron chi connectivity index (χ0n) is 18.0. The van der Waals surface area contributed by atoms with Crippen molar-refractivity contribution < 1.29 is 0 Å². The molecule has 0 bridgehead atoms. The normalized spacial score (nSPS) is 12.0. The fourth-order valence-electron chi connectivity index (χ4n) is 4.50. The van der Waals surface area contributed by atoms with E-state index in [0.717, 1.165) is 46.5 Å². The Balaban J connectivity index is 2.05. The fourth-order valence-corrected chi connectivity index (χ4v) is 4.50. The van der Waals surface area contributed by atoms with Gasteiger partial charge >= 0.3 is 0 Å². The molecule has 5 heteroatoms. The zero-order chi connectivity index (χ0) is 20.2. The summed E-state index contributed by atoms with van der Waals surface area (Å²) in [6.45, 7) is 15.0. The van der Waals surface area contributed by atoms with Crippen molar-refractivity contribution >= 4 is 16.7 Å². The van der Waals surface area contributed by atoms with Crippen molar-refractivity contribution in [1.29, 1.82) is 0 Å². The molecule has 0 fully saturated rings. The van der Waals surface area contributed by atoms with Crippen molar-refractivity contribution in [1.82, 2.24) is 24.4 Å². The third-order valence-electron chi connectivity index (χ3n) is 5.86. The van der Waals surface area contributed by atoms with Crippen LogP contribution in [0, 0.1) is 34.6 Å². The molecular formula is C23H29N5. The number of benzene rings is 1. The Hall–Kier alpha value is -2.69. The first-order valence-corrected chi connectivity index (χ1v) is 10.2. The molecule has 0 saturated heterocycles. The molecule has 1 aromatic carbocycles. The van der Waals surface area contributed by atoms with Gasteiger partial charge in [-0.2, -0.15) is 14.7 Å². The van der Waals surface area contributed by atoms with Crippen LogP contribution in [0.1, 0.15) is 60.8 Å². The Morgan fingerprint density at radius 2 is 1.46 bits per heavy atom. The summed E-state index contributed by atoms with van der Waals surface area (Å²) < 4.78 is 4.03. The number of hydrogen-bond donors (Lipinski definition) is 0. The monoisotopic (exact) mass is 375 g/mol. The van der Waals surface area contributed by atoms with Gasteiger partial charge < -0.3 is 0 Å². The number of rotatable bonds is 4. The smallest absolute Gasteiger partial charge is 0.186 e. The Morgan fingerprint density at radius 1 is 0.821 bits per heavy atom. The zero-order valence-corrected chi connectivity index (χ0v) is 18.0. The molecule has 0 spiro atoms. The molecule has 146 valence electrons. The highest BCUT2D eigenvalue weighted by Crippen LogP contribution is 2.35. The van der Waals surface area contributed by atoms with E-state index >= 15 is 0 Å². The Morgan fingerprint density at radius 3 is 2.07 bits per heavy atom. The van der Waals surface area contributed by atoms with Gasteiger partial charge in [-0.25, -0.2) is 4.98 Å². The number of aromatic nitrogens is 5. The van der Waals surface area contributed by atoms with Crippen molar-refractivity contribution in [2.45, 2.75) is 67.3 Å². The molecule has 4 rings (SSSR count). The van der Waals surface area contributed by atoms with E-state index < -0.39 is 0 Å². The second kappa shape index (κ2) is 6.73. The van der Waals surface area contributed by atoms with Gasteiger partial charge in [0, 0.05) is 6.20 Å². The third-order valence-corrected chi connectivity index (χ3v) is 5.86. The first-order chi connectivity index (χ1) is 13.3. The largest absolute Gasteiger partial charge is 0.267 e. The maximum absolute atomic E-state index is 4.98. The summed E-state index contributed by atoms with van der Waals surface area (Å²) in [6.07, 6.45) is 4.25. The highest BCUT2D eigenvalue weighted by molar-refractivity contribution is 5.88. The third kappa shape index (κ3) is 2.72. The standard InChI is InChI=1S/C23H29N5/c1-8-18(9-2)27-12-19-16(6)24-23-21(17(7)25-28(23)22(19)26-27)20-14(4)10-13(3)11-15(20)5/h10-12,18H,8-9H2,1-7H3. The summed E-state index contributed by atoms with van der Waals surface area (Å²) in [4.78, 5) is 4.98. The molecule has 0 aliphatic carbocycles. The molecule has 0 amide bonds. The van der Waals surface area contributed by atoms with Gasteiger partial charge in [0.25, 0.3) is 0 Å². The van der Waals surface area contributed by atoms with Crippen LogP contribution in [0.5, 0.6) is 0 Å². The van der Waals surface area contributed by atoms with E-state index in [-0.39, 0.29) is 0 Å².